The van der Waals surface area contributed by atoms with Crippen LogP contribution in [0.15, 0.2) is 21.6 Å². The topological polar surface area (TPSA) is 47.6 Å². The highest BCUT2D eigenvalue weighted by atomic mass is 79.9. The molecule has 0 amide bonds. The molecule has 0 saturated heterocycles. The molecule has 0 bridgehead atoms. The Bertz CT molecular complexity index is 396. The van der Waals surface area contributed by atoms with E-state index in [2.05, 4.69) is 20.9 Å². The van der Waals surface area contributed by atoms with Crippen molar-refractivity contribution in [3.05, 3.63) is 21.6 Å². The van der Waals surface area contributed by atoms with Crippen LogP contribution in [0.5, 0.6) is 5.75 Å². The van der Waals surface area contributed by atoms with Crippen molar-refractivity contribution in [3.8, 4) is 5.75 Å². The van der Waals surface area contributed by atoms with Crippen molar-refractivity contribution < 1.29 is 4.74 Å². The van der Waals surface area contributed by atoms with Crippen LogP contribution in [0.3, 0.4) is 0 Å². The Kier molecular flexibility index (Phi) is 4.70. The fourth-order valence-electron chi connectivity index (χ4n) is 0.956. The van der Waals surface area contributed by atoms with Crippen molar-refractivity contribution in [2.75, 3.05) is 13.0 Å². The van der Waals surface area contributed by atoms with E-state index in [-0.39, 0.29) is 5.88 Å². The molecular weight excluding hydrogens is 303 g/mol. The number of hydrogen-bond donors (Lipinski definition) is 1. The molecule has 1 rings (SSSR count). The van der Waals surface area contributed by atoms with Crippen molar-refractivity contribution in [1.82, 2.24) is 0 Å². The van der Waals surface area contributed by atoms with Gasteiger partial charge in [-0.15, -0.1) is 11.6 Å². The Morgan fingerprint density at radius 2 is 2.27 bits per heavy atom. The lowest BCUT2D eigenvalue weighted by Gasteiger charge is -2.07. The zero-order valence-corrected chi connectivity index (χ0v) is 11.0. The molecule has 2 N–H and O–H groups in total. The molecule has 0 aromatic heterocycles. The largest absolute Gasteiger partial charge is 0.495 e. The van der Waals surface area contributed by atoms with Gasteiger partial charge in [-0.2, -0.15) is 0 Å². The number of halogens is 3. The standard InChI is InChI=1S/C9H9BrCl2N2O/c1-15-6-3-2-5(12)9(8(6)10)14-7(13)4-11/h2-3H,4H2,1H3,(H2,13,14). The van der Waals surface area contributed by atoms with Crippen LogP contribution in [-0.2, 0) is 0 Å². The Balaban J connectivity index is 3.27. The second-order valence-corrected chi connectivity index (χ2v) is 4.12. The number of benzene rings is 1. The second-order valence-electron chi connectivity index (χ2n) is 2.65. The van der Waals surface area contributed by atoms with Crippen LogP contribution in [0.1, 0.15) is 0 Å². The van der Waals surface area contributed by atoms with Crippen molar-refractivity contribution in [2.45, 2.75) is 0 Å². The van der Waals surface area contributed by atoms with Gasteiger partial charge in [0, 0.05) is 0 Å². The molecule has 82 valence electrons. The SMILES string of the molecule is COc1ccc(Cl)c(N=C(N)CCl)c1Br. The van der Waals surface area contributed by atoms with E-state index < -0.39 is 0 Å². The predicted octanol–water partition coefficient (Wildman–Crippen LogP) is 3.34. The summed E-state index contributed by atoms with van der Waals surface area (Å²) in [7, 11) is 1.56. The minimum Gasteiger partial charge on any atom is -0.495 e. The molecule has 0 spiro atoms. The van der Waals surface area contributed by atoms with Crippen molar-refractivity contribution >= 4 is 50.7 Å². The molecule has 6 heteroatoms. The zero-order valence-electron chi connectivity index (χ0n) is 7.93. The van der Waals surface area contributed by atoms with Gasteiger partial charge in [0.15, 0.2) is 0 Å². The molecule has 0 heterocycles. The predicted molar refractivity (Wildman–Crippen MR) is 67.7 cm³/mol. The third-order valence-electron chi connectivity index (χ3n) is 1.64. The number of rotatable bonds is 3. The molecule has 1 aromatic rings. The monoisotopic (exact) mass is 310 g/mol. The smallest absolute Gasteiger partial charge is 0.135 e. The van der Waals surface area contributed by atoms with E-state index in [1.807, 2.05) is 0 Å². The van der Waals surface area contributed by atoms with Crippen molar-refractivity contribution in [1.29, 1.82) is 0 Å². The molecular formula is C9H9BrCl2N2O. The lowest BCUT2D eigenvalue weighted by atomic mass is 10.3. The summed E-state index contributed by atoms with van der Waals surface area (Å²) in [4.78, 5) is 4.09. The van der Waals surface area contributed by atoms with Crippen LogP contribution in [0.4, 0.5) is 5.69 Å². The summed E-state index contributed by atoms with van der Waals surface area (Å²) in [6.07, 6.45) is 0. The maximum atomic E-state index is 5.97. The minimum atomic E-state index is 0.153. The number of nitrogens with zero attached hydrogens (tertiary/aromatic N) is 1. The third-order valence-corrected chi connectivity index (χ3v) is 2.99. The van der Waals surface area contributed by atoms with Gasteiger partial charge in [-0.05, 0) is 28.1 Å². The highest BCUT2D eigenvalue weighted by Gasteiger charge is 2.10. The van der Waals surface area contributed by atoms with Crippen molar-refractivity contribution in [2.24, 2.45) is 10.7 Å². The van der Waals surface area contributed by atoms with Crippen LogP contribution < -0.4 is 10.5 Å². The highest BCUT2D eigenvalue weighted by molar-refractivity contribution is 9.10. The number of aliphatic imine (C=N–C) groups is 1. The first-order valence-corrected chi connectivity index (χ1v) is 5.71. The molecule has 0 aliphatic rings. The van der Waals surface area contributed by atoms with E-state index in [9.17, 15) is 0 Å². The van der Waals surface area contributed by atoms with Gasteiger partial charge < -0.3 is 10.5 Å². The number of ether oxygens (including phenoxy) is 1. The van der Waals surface area contributed by atoms with E-state index in [0.717, 1.165) is 0 Å². The van der Waals surface area contributed by atoms with Crippen LogP contribution in [0.25, 0.3) is 0 Å². The lowest BCUT2D eigenvalue weighted by Crippen LogP contribution is -2.12. The summed E-state index contributed by atoms with van der Waals surface area (Å²) in [5.41, 5.74) is 6.05. The lowest BCUT2D eigenvalue weighted by molar-refractivity contribution is 0.412. The Morgan fingerprint density at radius 3 is 2.80 bits per heavy atom. The Morgan fingerprint density at radius 1 is 1.60 bits per heavy atom. The number of hydrogen-bond acceptors (Lipinski definition) is 2. The molecule has 0 radical (unpaired) electrons. The molecule has 0 aliphatic heterocycles. The van der Waals surface area contributed by atoms with Gasteiger partial charge in [-0.25, -0.2) is 4.99 Å². The summed E-state index contributed by atoms with van der Waals surface area (Å²) in [6.45, 7) is 0. The highest BCUT2D eigenvalue weighted by Crippen LogP contribution is 2.39. The second kappa shape index (κ2) is 5.58. The Hall–Kier alpha value is -0.450. The minimum absolute atomic E-state index is 0.153. The molecule has 0 saturated carbocycles. The van der Waals surface area contributed by atoms with Crippen LogP contribution in [-0.4, -0.2) is 18.8 Å². The summed E-state index contributed by atoms with van der Waals surface area (Å²) in [5, 5.41) is 0.482. The molecule has 0 unspecified atom stereocenters. The zero-order chi connectivity index (χ0) is 11.4. The third kappa shape index (κ3) is 3.00. The number of methoxy groups -OCH3 is 1. The molecule has 3 nitrogen and oxygen atoms in total. The molecule has 0 atom stereocenters. The average Bonchev–Trinajstić information content (AvgIpc) is 2.24. The first-order valence-electron chi connectivity index (χ1n) is 4.01. The fraction of sp³-hybridized carbons (Fsp3) is 0.222. The first-order chi connectivity index (χ1) is 7.10. The maximum absolute atomic E-state index is 5.97. The molecule has 1 aromatic carbocycles. The number of nitrogens with two attached hydrogens (primary N) is 1. The fourth-order valence-corrected chi connectivity index (χ4v) is 1.93. The van der Waals surface area contributed by atoms with Gasteiger partial charge in [-0.1, -0.05) is 11.6 Å². The normalized spacial score (nSPS) is 11.6. The van der Waals surface area contributed by atoms with Gasteiger partial charge in [0.05, 0.1) is 22.5 Å². The van der Waals surface area contributed by atoms with Crippen LogP contribution >= 0.6 is 39.1 Å². The van der Waals surface area contributed by atoms with E-state index >= 15 is 0 Å². The van der Waals surface area contributed by atoms with Gasteiger partial charge in [0.25, 0.3) is 0 Å². The van der Waals surface area contributed by atoms with Gasteiger partial charge >= 0.3 is 0 Å². The quantitative estimate of drug-likeness (QED) is 0.529. The molecule has 0 fully saturated rings. The van der Waals surface area contributed by atoms with Crippen molar-refractivity contribution in [3.63, 3.8) is 0 Å². The van der Waals surface area contributed by atoms with E-state index in [1.165, 1.54) is 0 Å². The number of amidine groups is 1. The maximum Gasteiger partial charge on any atom is 0.135 e. The summed E-state index contributed by atoms with van der Waals surface area (Å²) in [6, 6.07) is 3.42. The molecule has 15 heavy (non-hydrogen) atoms. The first kappa shape index (κ1) is 12.6. The van der Waals surface area contributed by atoms with E-state index in [4.69, 9.17) is 33.7 Å². The Labute approximate surface area is 106 Å². The van der Waals surface area contributed by atoms with E-state index in [1.54, 1.807) is 19.2 Å². The summed E-state index contributed by atoms with van der Waals surface area (Å²) in [5.74, 6) is 1.09. The van der Waals surface area contributed by atoms with Gasteiger partial charge in [0.1, 0.15) is 17.3 Å². The van der Waals surface area contributed by atoms with Gasteiger partial charge in [-0.3, -0.25) is 0 Å². The molecule has 0 aliphatic carbocycles. The van der Waals surface area contributed by atoms with Gasteiger partial charge in [0.2, 0.25) is 0 Å². The summed E-state index contributed by atoms with van der Waals surface area (Å²) >= 11 is 14.8. The average molecular weight is 312 g/mol. The van der Waals surface area contributed by atoms with Crippen LogP contribution in [0.2, 0.25) is 5.02 Å². The van der Waals surface area contributed by atoms with Crippen LogP contribution in [0, 0.1) is 0 Å². The van der Waals surface area contributed by atoms with E-state index in [0.29, 0.717) is 26.8 Å². The number of alkyl halides is 1. The summed E-state index contributed by atoms with van der Waals surface area (Å²) < 4.78 is 5.77.